The molecule has 0 aromatic heterocycles. The van der Waals surface area contributed by atoms with Crippen LogP contribution in [-0.4, -0.2) is 29.8 Å². The molecule has 7 nitrogen and oxygen atoms in total. The number of carbonyl (C=O) groups is 2. The Balaban J connectivity index is 1.94. The number of ether oxygens (including phenoxy) is 2. The number of anilines is 1. The highest BCUT2D eigenvalue weighted by molar-refractivity contribution is 5.98. The van der Waals surface area contributed by atoms with E-state index < -0.39 is 29.8 Å². The van der Waals surface area contributed by atoms with Crippen LogP contribution in [0.15, 0.2) is 18.2 Å². The third kappa shape index (κ3) is 4.71. The molecule has 0 saturated carbocycles. The Hall–Kier alpha value is -2.58. The number of benzene rings is 1. The van der Waals surface area contributed by atoms with Crippen molar-refractivity contribution in [3.05, 3.63) is 18.2 Å². The second-order valence-corrected chi connectivity index (χ2v) is 6.39. The molecule has 1 aromatic carbocycles. The summed E-state index contributed by atoms with van der Waals surface area (Å²) in [7, 11) is 0. The first-order valence-corrected chi connectivity index (χ1v) is 7.25. The average molecular weight is 343 g/mol. The fourth-order valence-electron chi connectivity index (χ4n) is 1.95. The number of alkyl halides is 2. The Morgan fingerprint density at radius 2 is 1.79 bits per heavy atom. The van der Waals surface area contributed by atoms with E-state index in [9.17, 15) is 18.4 Å². The van der Waals surface area contributed by atoms with Crippen LogP contribution in [0.3, 0.4) is 0 Å². The molecule has 0 spiro atoms. The van der Waals surface area contributed by atoms with Crippen molar-refractivity contribution >= 4 is 17.6 Å². The van der Waals surface area contributed by atoms with Crippen LogP contribution in [0.2, 0.25) is 0 Å². The van der Waals surface area contributed by atoms with Crippen LogP contribution in [0.1, 0.15) is 27.7 Å². The average Bonchev–Trinajstić information content (AvgIpc) is 2.69. The molecule has 0 radical (unpaired) electrons. The van der Waals surface area contributed by atoms with Gasteiger partial charge in [0.1, 0.15) is 6.04 Å². The van der Waals surface area contributed by atoms with Gasteiger partial charge in [-0.15, -0.1) is 8.78 Å². The predicted octanol–water partition coefficient (Wildman–Crippen LogP) is 2.43. The van der Waals surface area contributed by atoms with Gasteiger partial charge >= 0.3 is 12.3 Å². The number of rotatable bonds is 3. The second kappa shape index (κ2) is 6.14. The Bertz CT molecular complexity index is 659. The van der Waals surface area contributed by atoms with Crippen LogP contribution in [0.5, 0.6) is 11.5 Å². The number of nitrogens with one attached hydrogen (secondary N) is 3. The van der Waals surface area contributed by atoms with Gasteiger partial charge < -0.3 is 20.1 Å². The van der Waals surface area contributed by atoms with Gasteiger partial charge in [0.25, 0.3) is 0 Å². The summed E-state index contributed by atoms with van der Waals surface area (Å²) in [4.78, 5) is 23.6. The van der Waals surface area contributed by atoms with E-state index >= 15 is 0 Å². The lowest BCUT2D eigenvalue weighted by molar-refractivity contribution is -0.286. The molecule has 0 aliphatic carbocycles. The van der Waals surface area contributed by atoms with Crippen LogP contribution < -0.4 is 25.4 Å². The lowest BCUT2D eigenvalue weighted by atomic mass is 10.1. The smallest absolute Gasteiger partial charge is 0.395 e. The van der Waals surface area contributed by atoms with Gasteiger partial charge in [0.15, 0.2) is 11.5 Å². The summed E-state index contributed by atoms with van der Waals surface area (Å²) < 4.78 is 34.6. The van der Waals surface area contributed by atoms with Crippen molar-refractivity contribution in [2.45, 2.75) is 45.6 Å². The molecule has 1 atom stereocenters. The minimum atomic E-state index is -3.70. The van der Waals surface area contributed by atoms with Gasteiger partial charge in [-0.25, -0.2) is 4.79 Å². The standard InChI is InChI=1S/C15H19F2N3O4/c1-8(12(21)19-13(22)20-14(2,3)4)18-9-5-6-10-11(7-9)24-15(16,17)23-10/h5-8,18H,1-4H3,(H2,19,20,21,22). The van der Waals surface area contributed by atoms with Gasteiger partial charge in [-0.3, -0.25) is 10.1 Å². The van der Waals surface area contributed by atoms with Crippen molar-refractivity contribution in [1.82, 2.24) is 10.6 Å². The van der Waals surface area contributed by atoms with Gasteiger partial charge in [-0.05, 0) is 39.8 Å². The van der Waals surface area contributed by atoms with E-state index in [0.29, 0.717) is 5.69 Å². The highest BCUT2D eigenvalue weighted by Gasteiger charge is 2.43. The highest BCUT2D eigenvalue weighted by Crippen LogP contribution is 2.42. The lowest BCUT2D eigenvalue weighted by Gasteiger charge is -2.21. The van der Waals surface area contributed by atoms with Crippen LogP contribution in [0, 0.1) is 0 Å². The number of imide groups is 1. The lowest BCUT2D eigenvalue weighted by Crippen LogP contribution is -2.51. The summed E-state index contributed by atoms with van der Waals surface area (Å²) in [6.45, 7) is 6.86. The zero-order valence-electron chi connectivity index (χ0n) is 13.7. The summed E-state index contributed by atoms with van der Waals surface area (Å²) in [6, 6.07) is 2.65. The van der Waals surface area contributed by atoms with Crippen molar-refractivity contribution in [3.63, 3.8) is 0 Å². The topological polar surface area (TPSA) is 88.7 Å². The fourth-order valence-corrected chi connectivity index (χ4v) is 1.95. The first kappa shape index (κ1) is 17.8. The number of halogens is 2. The molecule has 3 amide bonds. The van der Waals surface area contributed by atoms with E-state index in [0.717, 1.165) is 0 Å². The molecule has 3 N–H and O–H groups in total. The van der Waals surface area contributed by atoms with E-state index in [-0.39, 0.29) is 11.5 Å². The summed E-state index contributed by atoms with van der Waals surface area (Å²) in [5.41, 5.74) is -0.113. The molecule has 0 bridgehead atoms. The Morgan fingerprint density at radius 3 is 2.42 bits per heavy atom. The molecule has 1 aliphatic rings. The first-order valence-electron chi connectivity index (χ1n) is 7.25. The van der Waals surface area contributed by atoms with Crippen molar-refractivity contribution < 1.29 is 27.8 Å². The van der Waals surface area contributed by atoms with Crippen LogP contribution in [0.25, 0.3) is 0 Å². The number of carbonyl (C=O) groups excluding carboxylic acids is 2. The van der Waals surface area contributed by atoms with Gasteiger partial charge in [0.2, 0.25) is 5.91 Å². The molecule has 1 aliphatic heterocycles. The number of hydrogen-bond acceptors (Lipinski definition) is 5. The van der Waals surface area contributed by atoms with Crippen molar-refractivity contribution in [2.75, 3.05) is 5.32 Å². The van der Waals surface area contributed by atoms with E-state index in [1.54, 1.807) is 20.8 Å². The van der Waals surface area contributed by atoms with E-state index in [1.165, 1.54) is 25.1 Å². The Labute approximate surface area is 137 Å². The summed E-state index contributed by atoms with van der Waals surface area (Å²) >= 11 is 0. The predicted molar refractivity (Wildman–Crippen MR) is 82.2 cm³/mol. The maximum Gasteiger partial charge on any atom is 0.586 e. The SMILES string of the molecule is CC(Nc1ccc2c(c1)OC(F)(F)O2)C(=O)NC(=O)NC(C)(C)C. The van der Waals surface area contributed by atoms with Gasteiger partial charge in [-0.2, -0.15) is 0 Å². The molecule has 1 aromatic rings. The molecule has 0 saturated heterocycles. The molecule has 132 valence electrons. The Morgan fingerprint density at radius 1 is 1.17 bits per heavy atom. The molecular weight excluding hydrogens is 324 g/mol. The monoisotopic (exact) mass is 343 g/mol. The Kier molecular flexibility index (Phi) is 4.54. The molecular formula is C15H19F2N3O4. The largest absolute Gasteiger partial charge is 0.586 e. The quantitative estimate of drug-likeness (QED) is 0.784. The molecule has 1 unspecified atom stereocenters. The fraction of sp³-hybridized carbons (Fsp3) is 0.467. The van der Waals surface area contributed by atoms with Gasteiger partial charge in [0, 0.05) is 17.3 Å². The summed E-state index contributed by atoms with van der Waals surface area (Å²) in [5, 5.41) is 7.58. The minimum Gasteiger partial charge on any atom is -0.395 e. The van der Waals surface area contributed by atoms with Gasteiger partial charge in [-0.1, -0.05) is 0 Å². The van der Waals surface area contributed by atoms with Crippen LogP contribution >= 0.6 is 0 Å². The van der Waals surface area contributed by atoms with Gasteiger partial charge in [0.05, 0.1) is 0 Å². The number of hydrogen-bond donors (Lipinski definition) is 3. The molecule has 9 heteroatoms. The van der Waals surface area contributed by atoms with Crippen molar-refractivity contribution in [1.29, 1.82) is 0 Å². The third-order valence-electron chi connectivity index (χ3n) is 2.90. The van der Waals surface area contributed by atoms with Crippen molar-refractivity contribution in [3.8, 4) is 11.5 Å². The van der Waals surface area contributed by atoms with E-state index in [1.807, 2.05) is 0 Å². The maximum atomic E-state index is 13.0. The van der Waals surface area contributed by atoms with Crippen LogP contribution in [-0.2, 0) is 4.79 Å². The second-order valence-electron chi connectivity index (χ2n) is 6.39. The first-order chi connectivity index (χ1) is 11.0. The van der Waals surface area contributed by atoms with Crippen LogP contribution in [0.4, 0.5) is 19.3 Å². The molecule has 1 heterocycles. The molecule has 0 fully saturated rings. The maximum absolute atomic E-state index is 13.0. The summed E-state index contributed by atoms with van der Waals surface area (Å²) in [5.74, 6) is -0.796. The number of urea groups is 1. The van der Waals surface area contributed by atoms with E-state index in [2.05, 4.69) is 25.4 Å². The summed E-state index contributed by atoms with van der Waals surface area (Å²) in [6.07, 6.45) is -3.70. The zero-order valence-corrected chi connectivity index (χ0v) is 13.7. The van der Waals surface area contributed by atoms with E-state index in [4.69, 9.17) is 0 Å². The minimum absolute atomic E-state index is 0.0905. The molecule has 2 rings (SSSR count). The third-order valence-corrected chi connectivity index (χ3v) is 2.90. The zero-order chi connectivity index (χ0) is 18.1. The number of amides is 3. The highest BCUT2D eigenvalue weighted by atomic mass is 19.3. The van der Waals surface area contributed by atoms with Crippen molar-refractivity contribution in [2.24, 2.45) is 0 Å². The molecule has 24 heavy (non-hydrogen) atoms. The normalized spacial score (nSPS) is 16.2. The number of fused-ring (bicyclic) bond motifs is 1.